The summed E-state index contributed by atoms with van der Waals surface area (Å²) < 4.78 is 26.3. The molecule has 3 aromatic rings. The molecule has 4 rings (SSSR count). The standard InChI is InChI=1S/C26H28FN5O4/c1-26(2,3)36-25(34)32(15-20-16-9-11-35-23(16)7-6-21(20)27)24-19-14-30-29-13-17(19)18(12-28-24)22(33)8-10-31(4)5/h6-8,10,12-14H,9,11,15H2,1-5H3/b10-8+. The van der Waals surface area contributed by atoms with Gasteiger partial charge in [0.25, 0.3) is 0 Å². The molecule has 0 bridgehead atoms. The van der Waals surface area contributed by atoms with Gasteiger partial charge in [-0.2, -0.15) is 10.2 Å². The normalized spacial score (nSPS) is 12.9. The number of ether oxygens (including phenoxy) is 2. The monoisotopic (exact) mass is 493 g/mol. The van der Waals surface area contributed by atoms with Crippen molar-refractivity contribution in [2.24, 2.45) is 0 Å². The third-order valence-electron chi connectivity index (χ3n) is 5.49. The van der Waals surface area contributed by atoms with E-state index < -0.39 is 17.5 Å². The van der Waals surface area contributed by atoms with Crippen molar-refractivity contribution in [3.05, 3.63) is 65.5 Å². The molecule has 1 aliphatic heterocycles. The fourth-order valence-electron chi connectivity index (χ4n) is 3.88. The van der Waals surface area contributed by atoms with Crippen molar-refractivity contribution in [1.29, 1.82) is 0 Å². The number of ketones is 1. The van der Waals surface area contributed by atoms with Gasteiger partial charge in [0.2, 0.25) is 0 Å². The topological polar surface area (TPSA) is 97.8 Å². The molecular formula is C26H28FN5O4. The molecule has 0 N–H and O–H groups in total. The summed E-state index contributed by atoms with van der Waals surface area (Å²) in [6.45, 7) is 5.52. The van der Waals surface area contributed by atoms with E-state index in [-0.39, 0.29) is 18.1 Å². The number of fused-ring (bicyclic) bond motifs is 2. The van der Waals surface area contributed by atoms with Crippen LogP contribution in [0.25, 0.3) is 10.8 Å². The van der Waals surface area contributed by atoms with Crippen LogP contribution >= 0.6 is 0 Å². The lowest BCUT2D eigenvalue weighted by atomic mass is 10.0. The number of hydrogen-bond donors (Lipinski definition) is 0. The number of anilines is 1. The molecule has 0 spiro atoms. The molecule has 9 nitrogen and oxygen atoms in total. The Morgan fingerprint density at radius 2 is 1.86 bits per heavy atom. The summed E-state index contributed by atoms with van der Waals surface area (Å²) >= 11 is 0. The first kappa shape index (κ1) is 25.0. The van der Waals surface area contributed by atoms with E-state index in [1.54, 1.807) is 52.0 Å². The summed E-state index contributed by atoms with van der Waals surface area (Å²) in [5, 5.41) is 8.74. The van der Waals surface area contributed by atoms with Crippen molar-refractivity contribution >= 4 is 28.5 Å². The number of carbonyl (C=O) groups excluding carboxylic acids is 2. The van der Waals surface area contributed by atoms with Crippen molar-refractivity contribution in [3.8, 4) is 5.75 Å². The highest BCUT2D eigenvalue weighted by Crippen LogP contribution is 2.34. The first-order valence-corrected chi connectivity index (χ1v) is 11.5. The molecule has 0 unspecified atom stereocenters. The van der Waals surface area contributed by atoms with Gasteiger partial charge in [-0.25, -0.2) is 14.2 Å². The van der Waals surface area contributed by atoms with E-state index in [2.05, 4.69) is 15.2 Å². The number of pyridine rings is 1. The van der Waals surface area contributed by atoms with Crippen LogP contribution in [-0.4, -0.2) is 58.3 Å². The van der Waals surface area contributed by atoms with E-state index in [0.29, 0.717) is 46.2 Å². The fourth-order valence-corrected chi connectivity index (χ4v) is 3.88. The van der Waals surface area contributed by atoms with Gasteiger partial charge in [0.05, 0.1) is 25.5 Å². The summed E-state index contributed by atoms with van der Waals surface area (Å²) in [5.74, 6) is 0.0252. The zero-order valence-corrected chi connectivity index (χ0v) is 20.9. The fraction of sp³-hybridized carbons (Fsp3) is 0.346. The Balaban J connectivity index is 1.84. The molecule has 10 heteroatoms. The molecule has 0 saturated carbocycles. The molecule has 188 valence electrons. The number of benzene rings is 1. The SMILES string of the molecule is CN(C)/C=C/C(=O)c1cnc(N(Cc2c(F)ccc3c2CCO3)C(=O)OC(C)(C)C)c2cnncc12. The summed E-state index contributed by atoms with van der Waals surface area (Å²) in [4.78, 5) is 33.7. The van der Waals surface area contributed by atoms with Crippen LogP contribution in [0.4, 0.5) is 15.0 Å². The minimum absolute atomic E-state index is 0.147. The second-order valence-electron chi connectivity index (χ2n) is 9.62. The van der Waals surface area contributed by atoms with E-state index in [4.69, 9.17) is 9.47 Å². The van der Waals surface area contributed by atoms with E-state index in [1.165, 1.54) is 35.6 Å². The maximum Gasteiger partial charge on any atom is 0.416 e. The third-order valence-corrected chi connectivity index (χ3v) is 5.49. The van der Waals surface area contributed by atoms with Crippen LogP contribution in [0, 0.1) is 5.82 Å². The number of carbonyl (C=O) groups is 2. The number of halogens is 1. The Hall–Kier alpha value is -4.08. The van der Waals surface area contributed by atoms with E-state index >= 15 is 4.39 Å². The van der Waals surface area contributed by atoms with Crippen LogP contribution in [0.1, 0.15) is 42.3 Å². The number of amides is 1. The smallest absolute Gasteiger partial charge is 0.416 e. The van der Waals surface area contributed by atoms with Crippen LogP contribution in [0.15, 0.2) is 43.0 Å². The number of allylic oxidation sites excluding steroid dienone is 1. The Morgan fingerprint density at radius 1 is 1.14 bits per heavy atom. The van der Waals surface area contributed by atoms with Crippen molar-refractivity contribution < 1.29 is 23.5 Å². The lowest BCUT2D eigenvalue weighted by Crippen LogP contribution is -2.37. The van der Waals surface area contributed by atoms with Crippen LogP contribution in [-0.2, 0) is 17.7 Å². The average Bonchev–Trinajstić information content (AvgIpc) is 3.29. The van der Waals surface area contributed by atoms with Gasteiger partial charge in [-0.1, -0.05) is 0 Å². The minimum atomic E-state index is -0.807. The lowest BCUT2D eigenvalue weighted by Gasteiger charge is -2.28. The second-order valence-corrected chi connectivity index (χ2v) is 9.62. The van der Waals surface area contributed by atoms with Gasteiger partial charge in [0.1, 0.15) is 23.0 Å². The molecule has 36 heavy (non-hydrogen) atoms. The Morgan fingerprint density at radius 3 is 2.56 bits per heavy atom. The largest absolute Gasteiger partial charge is 0.493 e. The lowest BCUT2D eigenvalue weighted by molar-refractivity contribution is 0.0576. The second kappa shape index (κ2) is 9.88. The highest BCUT2D eigenvalue weighted by Gasteiger charge is 2.30. The minimum Gasteiger partial charge on any atom is -0.493 e. The van der Waals surface area contributed by atoms with Crippen LogP contribution in [0.5, 0.6) is 5.75 Å². The van der Waals surface area contributed by atoms with Crippen LogP contribution < -0.4 is 9.64 Å². The Bertz CT molecular complexity index is 1350. The van der Waals surface area contributed by atoms with Gasteiger partial charge in [0.15, 0.2) is 5.78 Å². The molecule has 0 atom stereocenters. The van der Waals surface area contributed by atoms with E-state index in [0.717, 1.165) is 0 Å². The molecular weight excluding hydrogens is 465 g/mol. The molecule has 1 aromatic carbocycles. The molecule has 3 heterocycles. The van der Waals surface area contributed by atoms with Crippen LogP contribution in [0.2, 0.25) is 0 Å². The maximum atomic E-state index is 15.0. The number of nitrogens with zero attached hydrogens (tertiary/aromatic N) is 5. The van der Waals surface area contributed by atoms with Gasteiger partial charge < -0.3 is 14.4 Å². The zero-order valence-electron chi connectivity index (χ0n) is 20.9. The maximum absolute atomic E-state index is 15.0. The van der Waals surface area contributed by atoms with Gasteiger partial charge in [-0.05, 0) is 32.9 Å². The predicted molar refractivity (Wildman–Crippen MR) is 133 cm³/mol. The van der Waals surface area contributed by atoms with Crippen molar-refractivity contribution in [3.63, 3.8) is 0 Å². The number of aromatic nitrogens is 3. The average molecular weight is 494 g/mol. The van der Waals surface area contributed by atoms with E-state index in [1.807, 2.05) is 0 Å². The highest BCUT2D eigenvalue weighted by molar-refractivity contribution is 6.15. The van der Waals surface area contributed by atoms with Crippen molar-refractivity contribution in [2.75, 3.05) is 25.6 Å². The van der Waals surface area contributed by atoms with Crippen molar-refractivity contribution in [1.82, 2.24) is 20.1 Å². The molecule has 0 aliphatic carbocycles. The molecule has 1 amide bonds. The Labute approximate surface area is 208 Å². The summed E-state index contributed by atoms with van der Waals surface area (Å²) in [6.07, 6.45) is 7.12. The van der Waals surface area contributed by atoms with Crippen molar-refractivity contribution in [2.45, 2.75) is 39.3 Å². The first-order chi connectivity index (χ1) is 17.0. The predicted octanol–water partition coefficient (Wildman–Crippen LogP) is 4.30. The first-order valence-electron chi connectivity index (χ1n) is 11.5. The molecule has 1 aliphatic rings. The van der Waals surface area contributed by atoms with Gasteiger partial charge in [0, 0.05) is 66.5 Å². The van der Waals surface area contributed by atoms with E-state index in [9.17, 15) is 9.59 Å². The van der Waals surface area contributed by atoms with Crippen LogP contribution in [0.3, 0.4) is 0 Å². The summed E-state index contributed by atoms with van der Waals surface area (Å²) in [6, 6.07) is 2.91. The highest BCUT2D eigenvalue weighted by atomic mass is 19.1. The molecule has 2 aromatic heterocycles. The quantitative estimate of drug-likeness (QED) is 0.370. The Kier molecular flexibility index (Phi) is 6.87. The summed E-state index contributed by atoms with van der Waals surface area (Å²) in [5.41, 5.74) is 0.513. The zero-order chi connectivity index (χ0) is 26.0. The van der Waals surface area contributed by atoms with Gasteiger partial charge >= 0.3 is 6.09 Å². The molecule has 0 saturated heterocycles. The number of hydrogen-bond acceptors (Lipinski definition) is 8. The molecule has 0 radical (unpaired) electrons. The number of rotatable bonds is 6. The molecule has 0 fully saturated rings. The summed E-state index contributed by atoms with van der Waals surface area (Å²) in [7, 11) is 3.61. The van der Waals surface area contributed by atoms with Gasteiger partial charge in [-0.3, -0.25) is 9.69 Å². The third kappa shape index (κ3) is 5.27. The van der Waals surface area contributed by atoms with Gasteiger partial charge in [-0.15, -0.1) is 0 Å².